The van der Waals surface area contributed by atoms with E-state index in [-0.39, 0.29) is 0 Å². The van der Waals surface area contributed by atoms with Gasteiger partial charge in [0, 0.05) is 5.88 Å². The summed E-state index contributed by atoms with van der Waals surface area (Å²) in [5.74, 6) is 2.65. The van der Waals surface area contributed by atoms with Gasteiger partial charge in [0.2, 0.25) is 0 Å². The van der Waals surface area contributed by atoms with E-state index in [1.165, 1.54) is 5.75 Å². The van der Waals surface area contributed by atoms with Gasteiger partial charge in [-0.3, -0.25) is 0 Å². The number of alkyl halides is 1. The van der Waals surface area contributed by atoms with Crippen LogP contribution in [0.5, 0.6) is 0 Å². The fourth-order valence-electron chi connectivity index (χ4n) is 0.329. The molecule has 0 aromatic heterocycles. The summed E-state index contributed by atoms with van der Waals surface area (Å²) in [5.41, 5.74) is 0. The van der Waals surface area contributed by atoms with Gasteiger partial charge in [-0.25, -0.2) is 0 Å². The predicted octanol–water partition coefficient (Wildman–Crippen LogP) is 2.22. The summed E-state index contributed by atoms with van der Waals surface area (Å²) in [5, 5.41) is 0. The number of hydrogen-bond donors (Lipinski definition) is 0. The van der Waals surface area contributed by atoms with E-state index < -0.39 is 0 Å². The molecule has 0 saturated heterocycles. The minimum Gasteiger partial charge on any atom is -0.165 e. The molecule has 1 atom stereocenters. The normalized spacial score (nSPS) is 14.1. The van der Waals surface area contributed by atoms with Crippen LogP contribution in [0.15, 0.2) is 0 Å². The molecular weight excluding hydrogens is 128 g/mol. The maximum absolute atomic E-state index is 5.52. The highest BCUT2D eigenvalue weighted by Crippen LogP contribution is 2.04. The maximum atomic E-state index is 5.52. The van der Waals surface area contributed by atoms with E-state index in [0.29, 0.717) is 5.92 Å². The van der Waals surface area contributed by atoms with Crippen molar-refractivity contribution >= 4 is 23.4 Å². The van der Waals surface area contributed by atoms with Gasteiger partial charge >= 0.3 is 0 Å². The number of halogens is 1. The van der Waals surface area contributed by atoms with Crippen LogP contribution in [0.2, 0.25) is 0 Å². The summed E-state index contributed by atoms with van der Waals surface area (Å²) >= 11 is 7.37. The monoisotopic (exact) mass is 138 g/mol. The van der Waals surface area contributed by atoms with Gasteiger partial charge in [0.05, 0.1) is 0 Å². The van der Waals surface area contributed by atoms with Crippen molar-refractivity contribution in [3.63, 3.8) is 0 Å². The smallest absolute Gasteiger partial charge is 0.0257 e. The first kappa shape index (κ1) is 7.64. The van der Waals surface area contributed by atoms with E-state index in [4.69, 9.17) is 11.6 Å². The van der Waals surface area contributed by atoms with Gasteiger partial charge in [0.15, 0.2) is 0 Å². The molecule has 2 heteroatoms. The fourth-order valence-corrected chi connectivity index (χ4v) is 1.25. The molecule has 0 radical (unpaired) electrons. The van der Waals surface area contributed by atoms with Gasteiger partial charge in [0.1, 0.15) is 0 Å². The molecule has 0 spiro atoms. The van der Waals surface area contributed by atoms with E-state index in [9.17, 15) is 0 Å². The molecule has 0 nitrogen and oxygen atoms in total. The summed E-state index contributed by atoms with van der Waals surface area (Å²) in [7, 11) is 0. The molecule has 7 heavy (non-hydrogen) atoms. The van der Waals surface area contributed by atoms with Gasteiger partial charge in [-0.05, 0) is 17.9 Å². The highest BCUT2D eigenvalue weighted by Gasteiger charge is 1.94. The second-order valence-electron chi connectivity index (χ2n) is 1.71. The van der Waals surface area contributed by atoms with Gasteiger partial charge in [-0.15, -0.1) is 11.6 Å². The van der Waals surface area contributed by atoms with Crippen LogP contribution in [0.4, 0.5) is 0 Å². The Morgan fingerprint density at radius 3 is 2.43 bits per heavy atom. The van der Waals surface area contributed by atoms with Gasteiger partial charge < -0.3 is 0 Å². The number of rotatable bonds is 3. The van der Waals surface area contributed by atoms with Gasteiger partial charge in [-0.2, -0.15) is 11.8 Å². The lowest BCUT2D eigenvalue weighted by molar-refractivity contribution is 0.760. The Labute approximate surface area is 54.6 Å². The number of hydrogen-bond acceptors (Lipinski definition) is 1. The van der Waals surface area contributed by atoms with Crippen molar-refractivity contribution in [1.82, 2.24) is 0 Å². The Kier molecular flexibility index (Phi) is 5.23. The zero-order valence-corrected chi connectivity index (χ0v) is 6.35. The Morgan fingerprint density at radius 1 is 1.71 bits per heavy atom. The Morgan fingerprint density at radius 2 is 2.29 bits per heavy atom. The van der Waals surface area contributed by atoms with Crippen LogP contribution in [0.3, 0.4) is 0 Å². The van der Waals surface area contributed by atoms with Gasteiger partial charge in [-0.1, -0.05) is 6.92 Å². The average Bonchev–Trinajstić information content (AvgIpc) is 1.68. The zero-order chi connectivity index (χ0) is 5.70. The van der Waals surface area contributed by atoms with Crippen molar-refractivity contribution in [2.45, 2.75) is 6.92 Å². The quantitative estimate of drug-likeness (QED) is 0.539. The lowest BCUT2D eigenvalue weighted by atomic mass is 10.3. The van der Waals surface area contributed by atoms with Crippen LogP contribution in [-0.4, -0.2) is 17.9 Å². The fraction of sp³-hybridized carbons (Fsp3) is 1.00. The summed E-state index contributed by atoms with van der Waals surface area (Å²) in [6, 6.07) is 0. The third-order valence-corrected chi connectivity index (χ3v) is 2.14. The Balaban J connectivity index is 2.83. The SMILES string of the molecule is CSCC(C)CCl. The van der Waals surface area contributed by atoms with Crippen molar-refractivity contribution in [3.05, 3.63) is 0 Å². The molecule has 0 aromatic rings. The highest BCUT2D eigenvalue weighted by molar-refractivity contribution is 7.98. The molecule has 0 rings (SSSR count). The lowest BCUT2D eigenvalue weighted by Crippen LogP contribution is -1.97. The molecule has 0 N–H and O–H groups in total. The molecule has 0 amide bonds. The third-order valence-electron chi connectivity index (χ3n) is 0.715. The molecule has 0 aliphatic carbocycles. The molecule has 1 unspecified atom stereocenters. The average molecular weight is 139 g/mol. The van der Waals surface area contributed by atoms with Gasteiger partial charge in [0.25, 0.3) is 0 Å². The molecule has 44 valence electrons. The molecule has 0 aliphatic heterocycles. The van der Waals surface area contributed by atoms with E-state index >= 15 is 0 Å². The van der Waals surface area contributed by atoms with Crippen molar-refractivity contribution in [2.24, 2.45) is 5.92 Å². The molecule has 0 fully saturated rings. The summed E-state index contributed by atoms with van der Waals surface area (Å²) in [6.07, 6.45) is 2.10. The van der Waals surface area contributed by atoms with E-state index in [1.54, 1.807) is 0 Å². The third kappa shape index (κ3) is 4.49. The highest BCUT2D eigenvalue weighted by atomic mass is 35.5. The first-order valence-electron chi connectivity index (χ1n) is 2.36. The lowest BCUT2D eigenvalue weighted by Gasteiger charge is -2.00. The van der Waals surface area contributed by atoms with Crippen LogP contribution >= 0.6 is 23.4 Å². The first-order chi connectivity index (χ1) is 3.31. The minimum atomic E-state index is 0.677. The molecule has 0 aliphatic rings. The Hall–Kier alpha value is 0.640. The minimum absolute atomic E-state index is 0.677. The Bertz CT molecular complexity index is 39.1. The molecular formula is C5H11ClS. The van der Waals surface area contributed by atoms with Crippen molar-refractivity contribution in [3.8, 4) is 0 Å². The molecule has 0 bridgehead atoms. The van der Waals surface area contributed by atoms with Crippen molar-refractivity contribution in [1.29, 1.82) is 0 Å². The largest absolute Gasteiger partial charge is 0.165 e. The van der Waals surface area contributed by atoms with Crippen LogP contribution in [0, 0.1) is 5.92 Å². The van der Waals surface area contributed by atoms with Crippen LogP contribution in [0.25, 0.3) is 0 Å². The van der Waals surface area contributed by atoms with Crippen molar-refractivity contribution < 1.29 is 0 Å². The van der Waals surface area contributed by atoms with Crippen LogP contribution in [0.1, 0.15) is 6.92 Å². The first-order valence-corrected chi connectivity index (χ1v) is 4.29. The second kappa shape index (κ2) is 4.79. The standard InChI is InChI=1S/C5H11ClS/c1-5(3-6)4-7-2/h5H,3-4H2,1-2H3. The number of thioether (sulfide) groups is 1. The molecule has 0 aromatic carbocycles. The molecule has 0 heterocycles. The van der Waals surface area contributed by atoms with Crippen molar-refractivity contribution in [2.75, 3.05) is 17.9 Å². The maximum Gasteiger partial charge on any atom is 0.0257 e. The predicted molar refractivity (Wildman–Crippen MR) is 38.3 cm³/mol. The topological polar surface area (TPSA) is 0 Å². The van der Waals surface area contributed by atoms with E-state index in [2.05, 4.69) is 13.2 Å². The zero-order valence-electron chi connectivity index (χ0n) is 4.78. The summed E-state index contributed by atoms with van der Waals surface area (Å²) in [4.78, 5) is 0. The van der Waals surface area contributed by atoms with E-state index in [1.807, 2.05) is 11.8 Å². The van der Waals surface area contributed by atoms with Crippen LogP contribution < -0.4 is 0 Å². The summed E-state index contributed by atoms with van der Waals surface area (Å²) in [6.45, 7) is 2.16. The second-order valence-corrected chi connectivity index (χ2v) is 2.93. The van der Waals surface area contributed by atoms with E-state index in [0.717, 1.165) is 5.88 Å². The van der Waals surface area contributed by atoms with Crippen LogP contribution in [-0.2, 0) is 0 Å². The molecule has 0 saturated carbocycles. The summed E-state index contributed by atoms with van der Waals surface area (Å²) < 4.78 is 0.